The predicted molar refractivity (Wildman–Crippen MR) is 18.3 cm³/mol. The topological polar surface area (TPSA) is 66.2 Å². The van der Waals surface area contributed by atoms with Gasteiger partial charge < -0.3 is 18.2 Å². The molecule has 6 heteroatoms. The Hall–Kier alpha value is 1.32. The molecule has 0 fully saturated rings. The van der Waals surface area contributed by atoms with Crippen molar-refractivity contribution >= 4 is 23.1 Å². The first-order valence-corrected chi connectivity index (χ1v) is 0.548. The molecule has 0 N–H and O–H groups in total. The molecule has 0 aliphatic carbocycles. The summed E-state index contributed by atoms with van der Waals surface area (Å²) in [5.41, 5.74) is 0. The minimum absolute atomic E-state index is 0. The van der Waals surface area contributed by atoms with Crippen LogP contribution in [0.5, 0.6) is 0 Å². The van der Waals surface area contributed by atoms with Gasteiger partial charge in [-0.3, -0.25) is 0 Å². The van der Waals surface area contributed by atoms with E-state index in [1.54, 1.807) is 0 Å². The number of nitrogens with zero attached hydrogens (tertiary/aromatic N) is 1. The Kier molecular flexibility index (Phi) is 25.0. The van der Waals surface area contributed by atoms with Gasteiger partial charge in [-0.25, -0.2) is 0 Å². The molecule has 0 unspecified atom stereocenters. The summed E-state index contributed by atoms with van der Waals surface area (Å²) in [5.74, 6) is 0. The van der Waals surface area contributed by atoms with E-state index in [0.29, 0.717) is 0 Å². The summed E-state index contributed by atoms with van der Waals surface area (Å²) >= 11 is 0. The van der Waals surface area contributed by atoms with Crippen LogP contribution in [-0.2, 0) is 0 Å². The van der Waals surface area contributed by atoms with Crippen molar-refractivity contribution in [2.24, 2.45) is 0 Å². The van der Waals surface area contributed by atoms with Gasteiger partial charge in [0.25, 0.3) is 0 Å². The minimum Gasteiger partial charge on any atom is -1.00 e. The monoisotopic (exact) mass is 230 g/mol. The molecule has 0 saturated heterocycles. The van der Waals surface area contributed by atoms with Gasteiger partial charge in [0.1, 0.15) is 0 Å². The molecular formula is H2MgNNdO3-. The second-order valence-electron chi connectivity index (χ2n) is 0.224. The van der Waals surface area contributed by atoms with E-state index in [1.165, 1.54) is 0 Å². The van der Waals surface area contributed by atoms with Gasteiger partial charge in [0, 0.05) is 40.8 Å². The molecule has 6 heavy (non-hydrogen) atoms. The van der Waals surface area contributed by atoms with Crippen molar-refractivity contribution in [1.82, 2.24) is 0 Å². The van der Waals surface area contributed by atoms with Gasteiger partial charge in [0.05, 0.1) is 5.09 Å². The van der Waals surface area contributed by atoms with Crippen LogP contribution < -0.4 is 0 Å². The summed E-state index contributed by atoms with van der Waals surface area (Å²) in [4.78, 5) is 8.25. The molecule has 0 aliphatic heterocycles. The minimum atomic E-state index is -1.75. The van der Waals surface area contributed by atoms with Gasteiger partial charge in [0.15, 0.2) is 0 Å². The molecule has 0 rings (SSSR count). The average Bonchev–Trinajstić information content (AvgIpc) is 0.811. The van der Waals surface area contributed by atoms with Gasteiger partial charge in [-0.05, 0) is 0 Å². The molecule has 0 amide bonds. The SMILES string of the molecule is O=[N+]([O-])[O-].[H-].[H-].[Mg+2].[Nd]. The Labute approximate surface area is 86.0 Å². The predicted octanol–water partition coefficient (Wildman–Crippen LogP) is -0.395. The molecule has 0 aliphatic rings. The fourth-order valence-corrected chi connectivity index (χ4v) is 0. The van der Waals surface area contributed by atoms with Crippen LogP contribution in [0.15, 0.2) is 0 Å². The van der Waals surface area contributed by atoms with Crippen LogP contribution in [0.4, 0.5) is 0 Å². The van der Waals surface area contributed by atoms with Crippen LogP contribution in [0.25, 0.3) is 0 Å². The standard InChI is InChI=1S/Mg.NO3.Nd.2H/c;2-1(3)4;;;/q+2;-1;;2*-1. The molecule has 0 saturated carbocycles. The van der Waals surface area contributed by atoms with Crippen molar-refractivity contribution < 1.29 is 48.8 Å². The summed E-state index contributed by atoms with van der Waals surface area (Å²) < 4.78 is 0. The third kappa shape index (κ3) is 57.1. The van der Waals surface area contributed by atoms with E-state index in [9.17, 15) is 0 Å². The zero-order valence-electron chi connectivity index (χ0n) is 4.88. The van der Waals surface area contributed by atoms with Crippen LogP contribution in [0, 0.1) is 56.2 Å². The van der Waals surface area contributed by atoms with Crippen LogP contribution >= 0.6 is 0 Å². The van der Waals surface area contributed by atoms with Crippen molar-refractivity contribution in [3.05, 3.63) is 15.3 Å². The summed E-state index contributed by atoms with van der Waals surface area (Å²) in [6, 6.07) is 0. The van der Waals surface area contributed by atoms with E-state index in [0.717, 1.165) is 0 Å². The fourth-order valence-electron chi connectivity index (χ4n) is 0. The van der Waals surface area contributed by atoms with E-state index >= 15 is 0 Å². The van der Waals surface area contributed by atoms with E-state index in [-0.39, 0.29) is 66.7 Å². The quantitative estimate of drug-likeness (QED) is 0.324. The molecule has 0 aromatic carbocycles. The number of hydrogen-bond acceptors (Lipinski definition) is 3. The molecule has 0 bridgehead atoms. The normalized spacial score (nSPS) is 4.00. The van der Waals surface area contributed by atoms with Gasteiger partial charge in [-0.2, -0.15) is 0 Å². The van der Waals surface area contributed by atoms with Crippen LogP contribution in [-0.4, -0.2) is 28.1 Å². The smallest absolute Gasteiger partial charge is 1.00 e. The van der Waals surface area contributed by atoms with E-state index < -0.39 is 5.09 Å². The molecule has 0 aromatic rings. The Morgan fingerprint density at radius 2 is 1.50 bits per heavy atom. The van der Waals surface area contributed by atoms with Gasteiger partial charge >= 0.3 is 23.1 Å². The fraction of sp³-hybridized carbons (Fsp3) is 0. The van der Waals surface area contributed by atoms with Gasteiger partial charge in [0.2, 0.25) is 0 Å². The van der Waals surface area contributed by atoms with Gasteiger partial charge in [-0.15, -0.1) is 0 Å². The zero-order chi connectivity index (χ0) is 3.58. The molecule has 0 aromatic heterocycles. The van der Waals surface area contributed by atoms with Crippen LogP contribution in [0.2, 0.25) is 0 Å². The number of rotatable bonds is 0. The Bertz CT molecular complexity index is 40.3. The zero-order valence-corrected chi connectivity index (χ0v) is 7.50. The average molecular weight is 233 g/mol. The molecule has 0 radical (unpaired) electrons. The summed E-state index contributed by atoms with van der Waals surface area (Å²) in [6.45, 7) is 0. The first kappa shape index (κ1) is 15.7. The second kappa shape index (κ2) is 9.58. The Morgan fingerprint density at radius 1 is 1.50 bits per heavy atom. The molecule has 4 nitrogen and oxygen atoms in total. The Balaban J connectivity index is -0.00000000750. The van der Waals surface area contributed by atoms with E-state index in [2.05, 4.69) is 0 Å². The summed E-state index contributed by atoms with van der Waals surface area (Å²) in [5, 5.41) is 14.8. The maximum absolute atomic E-state index is 8.25. The first-order chi connectivity index (χ1) is 1.73. The van der Waals surface area contributed by atoms with E-state index in [4.69, 9.17) is 15.3 Å². The van der Waals surface area contributed by atoms with Crippen LogP contribution in [0.3, 0.4) is 0 Å². The first-order valence-electron chi connectivity index (χ1n) is 0.548. The molecule has 0 atom stereocenters. The maximum atomic E-state index is 8.25. The van der Waals surface area contributed by atoms with Crippen molar-refractivity contribution in [3.63, 3.8) is 0 Å². The molecule has 0 spiro atoms. The van der Waals surface area contributed by atoms with Crippen molar-refractivity contribution in [2.75, 3.05) is 0 Å². The molecular weight excluding hydrogens is 231 g/mol. The van der Waals surface area contributed by atoms with E-state index in [1.807, 2.05) is 0 Å². The van der Waals surface area contributed by atoms with Crippen molar-refractivity contribution in [1.29, 1.82) is 0 Å². The summed E-state index contributed by atoms with van der Waals surface area (Å²) in [6.07, 6.45) is 0. The largest absolute Gasteiger partial charge is 2.00 e. The van der Waals surface area contributed by atoms with Crippen molar-refractivity contribution in [2.45, 2.75) is 0 Å². The maximum Gasteiger partial charge on any atom is 2.00 e. The summed E-state index contributed by atoms with van der Waals surface area (Å²) in [7, 11) is 0. The second-order valence-corrected chi connectivity index (χ2v) is 0.224. The van der Waals surface area contributed by atoms with Crippen LogP contribution in [0.1, 0.15) is 2.85 Å². The number of hydrogen-bond donors (Lipinski definition) is 0. The van der Waals surface area contributed by atoms with Gasteiger partial charge in [-0.1, -0.05) is 0 Å². The third-order valence-corrected chi connectivity index (χ3v) is 0. The molecule has 32 valence electrons. The molecule has 0 heterocycles. The van der Waals surface area contributed by atoms with Crippen molar-refractivity contribution in [3.8, 4) is 0 Å². The third-order valence-electron chi connectivity index (χ3n) is 0. The Morgan fingerprint density at radius 3 is 1.50 bits per heavy atom.